The first-order chi connectivity index (χ1) is 17.1. The molecule has 3 aromatic rings. The van der Waals surface area contributed by atoms with Crippen LogP contribution >= 0.6 is 0 Å². The number of nitrogens with one attached hydrogen (secondary N) is 2. The predicted octanol–water partition coefficient (Wildman–Crippen LogP) is 5.95. The molecule has 2 aromatic heterocycles. The van der Waals surface area contributed by atoms with Gasteiger partial charge in [0.1, 0.15) is 30.0 Å². The first-order valence-electron chi connectivity index (χ1n) is 11.8. The van der Waals surface area contributed by atoms with Crippen molar-refractivity contribution >= 4 is 28.4 Å². The Morgan fingerprint density at radius 2 is 2.14 bits per heavy atom. The number of aromatic amines is 1. The lowest BCUT2D eigenvalue weighted by Crippen LogP contribution is -2.17. The second kappa shape index (κ2) is 10.1. The van der Waals surface area contributed by atoms with Gasteiger partial charge in [0, 0.05) is 30.1 Å². The number of halogens is 1. The minimum atomic E-state index is -0.230. The van der Waals surface area contributed by atoms with E-state index in [0.29, 0.717) is 36.0 Å². The number of hydrogen-bond donors (Lipinski definition) is 2. The molecule has 0 radical (unpaired) electrons. The number of allylic oxidation sites excluding steroid dienone is 4. The Morgan fingerprint density at radius 1 is 1.23 bits per heavy atom. The molecule has 180 valence electrons. The summed E-state index contributed by atoms with van der Waals surface area (Å²) >= 11 is 0. The third kappa shape index (κ3) is 5.26. The third-order valence-electron chi connectivity index (χ3n) is 6.17. The molecule has 1 aliphatic carbocycles. The van der Waals surface area contributed by atoms with E-state index < -0.39 is 0 Å². The molecule has 0 spiro atoms. The molecule has 5 rings (SSSR count). The molecule has 35 heavy (non-hydrogen) atoms. The molecule has 0 saturated heterocycles. The van der Waals surface area contributed by atoms with Gasteiger partial charge in [0.2, 0.25) is 5.90 Å². The Bertz CT molecular complexity index is 1370. The standard InChI is InChI=1S/C27H28FN5O2/c1-17-8-9-22(28)27-26(17)21(18(2)32-27)10-11-29-23-13-24(31-16-30-23)33-25-15-34-14-20(35-25)12-19-6-4-3-5-7-19/h3-4,6,8-9,13-14,16,32H,5,7,10-12,15H2,1-2H3,(H,29,30,31). The van der Waals surface area contributed by atoms with E-state index in [-0.39, 0.29) is 12.4 Å². The van der Waals surface area contributed by atoms with Crippen LogP contribution in [0.1, 0.15) is 36.1 Å². The molecule has 0 bridgehead atoms. The Kier molecular flexibility index (Phi) is 6.61. The average Bonchev–Trinajstić information content (AvgIpc) is 3.20. The minimum Gasteiger partial charge on any atom is -0.488 e. The summed E-state index contributed by atoms with van der Waals surface area (Å²) < 4.78 is 25.7. The van der Waals surface area contributed by atoms with E-state index in [1.165, 1.54) is 18.0 Å². The number of H-pyrrole nitrogens is 1. The van der Waals surface area contributed by atoms with Gasteiger partial charge in [-0.15, -0.1) is 0 Å². The number of aliphatic imine (C=N–C) groups is 1. The zero-order valence-electron chi connectivity index (χ0n) is 19.9. The number of nitrogens with zero attached hydrogens (tertiary/aromatic N) is 3. The molecular formula is C27H28FN5O2. The number of ether oxygens (including phenoxy) is 2. The molecule has 0 amide bonds. The van der Waals surface area contributed by atoms with E-state index in [9.17, 15) is 4.39 Å². The number of anilines is 1. The van der Waals surface area contributed by atoms with Crippen molar-refractivity contribution in [2.75, 3.05) is 18.5 Å². The fourth-order valence-electron chi connectivity index (χ4n) is 4.47. The summed E-state index contributed by atoms with van der Waals surface area (Å²) in [5.74, 6) is 2.12. The van der Waals surface area contributed by atoms with Gasteiger partial charge < -0.3 is 19.8 Å². The molecule has 8 heteroatoms. The van der Waals surface area contributed by atoms with E-state index in [4.69, 9.17) is 9.47 Å². The van der Waals surface area contributed by atoms with Crippen molar-refractivity contribution in [3.05, 3.63) is 83.0 Å². The maximum absolute atomic E-state index is 14.2. The molecule has 1 aliphatic heterocycles. The summed E-state index contributed by atoms with van der Waals surface area (Å²) in [4.78, 5) is 16.3. The lowest BCUT2D eigenvalue weighted by molar-refractivity contribution is 0.211. The maximum atomic E-state index is 14.2. The normalized spacial score (nSPS) is 16.6. The molecule has 7 nitrogen and oxygen atoms in total. The van der Waals surface area contributed by atoms with E-state index in [0.717, 1.165) is 47.2 Å². The Labute approximate surface area is 203 Å². The van der Waals surface area contributed by atoms with Gasteiger partial charge in [-0.25, -0.2) is 14.4 Å². The molecule has 0 saturated carbocycles. The summed E-state index contributed by atoms with van der Waals surface area (Å²) in [6.07, 6.45) is 13.0. The summed E-state index contributed by atoms with van der Waals surface area (Å²) in [6, 6.07) is 5.10. The van der Waals surface area contributed by atoms with Gasteiger partial charge in [-0.2, -0.15) is 4.99 Å². The van der Waals surface area contributed by atoms with Crippen LogP contribution in [0.2, 0.25) is 0 Å². The summed E-state index contributed by atoms with van der Waals surface area (Å²) in [5.41, 5.74) is 5.01. The van der Waals surface area contributed by atoms with Crippen molar-refractivity contribution in [2.45, 2.75) is 39.5 Å². The van der Waals surface area contributed by atoms with E-state index in [2.05, 4.69) is 43.5 Å². The van der Waals surface area contributed by atoms with Crippen molar-refractivity contribution in [1.82, 2.24) is 15.0 Å². The number of aryl methyl sites for hydroxylation is 2. The maximum Gasteiger partial charge on any atom is 0.234 e. The SMILES string of the molecule is Cc1[nH]c2c(F)ccc(C)c2c1CCNc1cc(N=C2COC=C(CC3=CC=CCC3)O2)ncn1. The molecule has 2 aliphatic rings. The first-order valence-corrected chi connectivity index (χ1v) is 11.8. The second-order valence-electron chi connectivity index (χ2n) is 8.75. The van der Waals surface area contributed by atoms with Gasteiger partial charge in [-0.05, 0) is 50.3 Å². The van der Waals surface area contributed by atoms with Crippen molar-refractivity contribution in [1.29, 1.82) is 0 Å². The largest absolute Gasteiger partial charge is 0.488 e. The summed E-state index contributed by atoms with van der Waals surface area (Å²) in [7, 11) is 0. The molecule has 0 fully saturated rings. The van der Waals surface area contributed by atoms with Crippen LogP contribution in [-0.2, 0) is 15.9 Å². The van der Waals surface area contributed by atoms with Crippen LogP contribution in [0.5, 0.6) is 0 Å². The van der Waals surface area contributed by atoms with Crippen LogP contribution in [0.15, 0.2) is 65.3 Å². The first kappa shape index (κ1) is 22.8. The van der Waals surface area contributed by atoms with Gasteiger partial charge in [0.25, 0.3) is 0 Å². The van der Waals surface area contributed by atoms with Crippen LogP contribution in [0.25, 0.3) is 10.9 Å². The fourth-order valence-corrected chi connectivity index (χ4v) is 4.47. The van der Waals surface area contributed by atoms with Gasteiger partial charge >= 0.3 is 0 Å². The molecule has 1 aromatic carbocycles. The summed E-state index contributed by atoms with van der Waals surface area (Å²) in [5, 5.41) is 4.28. The van der Waals surface area contributed by atoms with Crippen molar-refractivity contribution in [3.63, 3.8) is 0 Å². The van der Waals surface area contributed by atoms with Crippen molar-refractivity contribution in [2.24, 2.45) is 4.99 Å². The molecular weight excluding hydrogens is 445 g/mol. The van der Waals surface area contributed by atoms with Crippen molar-refractivity contribution < 1.29 is 13.9 Å². The molecule has 2 N–H and O–H groups in total. The number of fused-ring (bicyclic) bond motifs is 1. The topological polar surface area (TPSA) is 84.4 Å². The highest BCUT2D eigenvalue weighted by Gasteiger charge is 2.16. The van der Waals surface area contributed by atoms with Crippen LogP contribution in [-0.4, -0.2) is 34.0 Å². The number of rotatable bonds is 7. The lowest BCUT2D eigenvalue weighted by Gasteiger charge is -2.18. The Morgan fingerprint density at radius 3 is 3.00 bits per heavy atom. The van der Waals surface area contributed by atoms with Crippen LogP contribution < -0.4 is 5.32 Å². The van der Waals surface area contributed by atoms with E-state index in [1.54, 1.807) is 12.3 Å². The summed E-state index contributed by atoms with van der Waals surface area (Å²) in [6.45, 7) is 4.87. The Balaban J connectivity index is 1.23. The number of aromatic nitrogens is 3. The quantitative estimate of drug-likeness (QED) is 0.443. The zero-order valence-corrected chi connectivity index (χ0v) is 19.9. The van der Waals surface area contributed by atoms with Gasteiger partial charge in [-0.1, -0.05) is 29.9 Å². The highest BCUT2D eigenvalue weighted by Crippen LogP contribution is 2.28. The van der Waals surface area contributed by atoms with Gasteiger partial charge in [0.15, 0.2) is 12.4 Å². The van der Waals surface area contributed by atoms with Crippen LogP contribution in [0.3, 0.4) is 0 Å². The zero-order chi connectivity index (χ0) is 24.2. The predicted molar refractivity (Wildman–Crippen MR) is 135 cm³/mol. The monoisotopic (exact) mass is 473 g/mol. The lowest BCUT2D eigenvalue weighted by atomic mass is 10.0. The van der Waals surface area contributed by atoms with Gasteiger partial charge in [-0.3, -0.25) is 0 Å². The second-order valence-corrected chi connectivity index (χ2v) is 8.75. The molecule has 0 atom stereocenters. The van der Waals surface area contributed by atoms with E-state index in [1.807, 2.05) is 19.9 Å². The molecule has 3 heterocycles. The molecule has 0 unspecified atom stereocenters. The van der Waals surface area contributed by atoms with Crippen LogP contribution in [0.4, 0.5) is 16.0 Å². The minimum absolute atomic E-state index is 0.230. The average molecular weight is 474 g/mol. The number of hydrogen-bond acceptors (Lipinski definition) is 6. The smallest absolute Gasteiger partial charge is 0.234 e. The van der Waals surface area contributed by atoms with Gasteiger partial charge in [0.05, 0.1) is 5.52 Å². The van der Waals surface area contributed by atoms with E-state index >= 15 is 0 Å². The third-order valence-corrected chi connectivity index (χ3v) is 6.17. The highest BCUT2D eigenvalue weighted by atomic mass is 19.1. The van der Waals surface area contributed by atoms with Crippen LogP contribution in [0, 0.1) is 19.7 Å². The fraction of sp³-hybridized carbons (Fsp3) is 0.296. The van der Waals surface area contributed by atoms with Crippen molar-refractivity contribution in [3.8, 4) is 0 Å². The number of benzene rings is 1. The Hall–Kier alpha value is -3.94. The highest BCUT2D eigenvalue weighted by molar-refractivity contribution is 5.88.